The Kier molecular flexibility index (Phi) is 5.63. The van der Waals surface area contributed by atoms with E-state index in [-0.39, 0.29) is 11.9 Å². The summed E-state index contributed by atoms with van der Waals surface area (Å²) in [5, 5.41) is 4.00. The topological polar surface area (TPSA) is 84.3 Å². The van der Waals surface area contributed by atoms with Crippen LogP contribution in [0.2, 0.25) is 0 Å². The van der Waals surface area contributed by atoms with E-state index in [9.17, 15) is 4.79 Å². The van der Waals surface area contributed by atoms with Crippen molar-refractivity contribution in [2.75, 3.05) is 32.6 Å². The van der Waals surface area contributed by atoms with Crippen LogP contribution in [0.25, 0.3) is 11.1 Å². The van der Waals surface area contributed by atoms with Crippen LogP contribution in [0.5, 0.6) is 5.75 Å². The molecule has 3 heterocycles. The van der Waals surface area contributed by atoms with E-state index in [2.05, 4.69) is 14.6 Å². The maximum atomic E-state index is 13.3. The van der Waals surface area contributed by atoms with E-state index in [1.807, 2.05) is 61.3 Å². The van der Waals surface area contributed by atoms with Gasteiger partial charge in [0.2, 0.25) is 5.95 Å². The standard InChI is InChI=1S/C21H24N6O2S/c1-13-19(30-25-24-13)20(28)27-10-6-9-17(27)18-16(12-22-21(23-18)26(2)3)14-7-5-8-15(11-14)29-4/h5,7-8,11-12,17H,6,9-10H2,1-4H3/t17-/m1/s1. The van der Waals surface area contributed by atoms with E-state index < -0.39 is 0 Å². The number of aromatic nitrogens is 4. The van der Waals surface area contributed by atoms with Crippen molar-refractivity contribution in [2.24, 2.45) is 0 Å². The molecule has 1 atom stereocenters. The first-order valence-electron chi connectivity index (χ1n) is 9.78. The van der Waals surface area contributed by atoms with E-state index in [0.717, 1.165) is 46.9 Å². The Morgan fingerprint density at radius 2 is 2.17 bits per heavy atom. The van der Waals surface area contributed by atoms with Crippen LogP contribution < -0.4 is 9.64 Å². The fourth-order valence-corrected chi connectivity index (χ4v) is 4.33. The van der Waals surface area contributed by atoms with Crippen LogP contribution >= 0.6 is 11.5 Å². The van der Waals surface area contributed by atoms with Crippen molar-refractivity contribution >= 4 is 23.4 Å². The molecule has 0 unspecified atom stereocenters. The number of rotatable bonds is 5. The number of methoxy groups -OCH3 is 1. The second-order valence-electron chi connectivity index (χ2n) is 7.44. The Balaban J connectivity index is 1.80. The van der Waals surface area contributed by atoms with Gasteiger partial charge < -0.3 is 14.5 Å². The maximum Gasteiger partial charge on any atom is 0.268 e. The molecule has 9 heteroatoms. The van der Waals surface area contributed by atoms with Gasteiger partial charge in [-0.3, -0.25) is 4.79 Å². The largest absolute Gasteiger partial charge is 0.497 e. The van der Waals surface area contributed by atoms with Crippen LogP contribution in [0, 0.1) is 6.92 Å². The van der Waals surface area contributed by atoms with Crippen LogP contribution in [-0.4, -0.2) is 58.1 Å². The second kappa shape index (κ2) is 8.35. The Morgan fingerprint density at radius 1 is 1.33 bits per heavy atom. The molecule has 2 aromatic heterocycles. The van der Waals surface area contributed by atoms with Gasteiger partial charge in [-0.05, 0) is 49.0 Å². The summed E-state index contributed by atoms with van der Waals surface area (Å²) >= 11 is 1.15. The quantitative estimate of drug-likeness (QED) is 0.621. The summed E-state index contributed by atoms with van der Waals surface area (Å²) in [5.41, 5.74) is 3.39. The molecule has 0 N–H and O–H groups in total. The lowest BCUT2D eigenvalue weighted by Gasteiger charge is -2.26. The molecule has 1 amide bonds. The van der Waals surface area contributed by atoms with Crippen molar-refractivity contribution in [3.63, 3.8) is 0 Å². The molecule has 0 bridgehead atoms. The highest BCUT2D eigenvalue weighted by Gasteiger charge is 2.35. The molecule has 1 fully saturated rings. The molecule has 1 saturated heterocycles. The molecule has 0 spiro atoms. The first kappa shape index (κ1) is 20.2. The lowest BCUT2D eigenvalue weighted by molar-refractivity contribution is 0.0737. The van der Waals surface area contributed by atoms with E-state index in [1.165, 1.54) is 0 Å². The number of likely N-dealkylation sites (tertiary alicyclic amines) is 1. The zero-order valence-corrected chi connectivity index (χ0v) is 18.3. The summed E-state index contributed by atoms with van der Waals surface area (Å²) in [6.45, 7) is 2.50. The van der Waals surface area contributed by atoms with Crippen molar-refractivity contribution in [1.29, 1.82) is 0 Å². The van der Waals surface area contributed by atoms with E-state index >= 15 is 0 Å². The lowest BCUT2D eigenvalue weighted by atomic mass is 9.99. The number of anilines is 1. The molecule has 4 rings (SSSR count). The normalized spacial score (nSPS) is 16.0. The molecule has 1 aliphatic heterocycles. The van der Waals surface area contributed by atoms with Crippen molar-refractivity contribution in [2.45, 2.75) is 25.8 Å². The number of carbonyl (C=O) groups excluding carboxylic acids is 1. The molecular formula is C21H24N6O2S. The molecule has 8 nitrogen and oxygen atoms in total. The van der Waals surface area contributed by atoms with Crippen LogP contribution in [0.3, 0.4) is 0 Å². The third-order valence-corrected chi connectivity index (χ3v) is 6.08. The highest BCUT2D eigenvalue weighted by atomic mass is 32.1. The molecule has 1 aliphatic rings. The number of hydrogen-bond donors (Lipinski definition) is 0. The average Bonchev–Trinajstić information content (AvgIpc) is 3.42. The Morgan fingerprint density at radius 3 is 2.87 bits per heavy atom. The van der Waals surface area contributed by atoms with Crippen LogP contribution in [0.1, 0.15) is 39.9 Å². The van der Waals surface area contributed by atoms with Gasteiger partial charge in [-0.1, -0.05) is 16.6 Å². The summed E-state index contributed by atoms with van der Waals surface area (Å²) in [5.74, 6) is 1.35. The van der Waals surface area contributed by atoms with Gasteiger partial charge in [0.1, 0.15) is 10.6 Å². The molecule has 156 valence electrons. The van der Waals surface area contributed by atoms with Gasteiger partial charge in [-0.15, -0.1) is 5.10 Å². The van der Waals surface area contributed by atoms with Crippen molar-refractivity contribution in [3.05, 3.63) is 46.7 Å². The molecule has 0 saturated carbocycles. The minimum Gasteiger partial charge on any atom is -0.497 e. The number of benzene rings is 1. The molecule has 30 heavy (non-hydrogen) atoms. The van der Waals surface area contributed by atoms with Gasteiger partial charge in [0.05, 0.1) is 24.5 Å². The van der Waals surface area contributed by atoms with Gasteiger partial charge >= 0.3 is 0 Å². The van der Waals surface area contributed by atoms with Crippen molar-refractivity contribution in [1.82, 2.24) is 24.5 Å². The van der Waals surface area contributed by atoms with Gasteiger partial charge in [-0.25, -0.2) is 9.97 Å². The number of ether oxygens (including phenoxy) is 1. The monoisotopic (exact) mass is 424 g/mol. The molecule has 0 radical (unpaired) electrons. The molecule has 3 aromatic rings. The number of hydrogen-bond acceptors (Lipinski definition) is 8. The highest BCUT2D eigenvalue weighted by Crippen LogP contribution is 2.38. The predicted molar refractivity (Wildman–Crippen MR) is 116 cm³/mol. The molecular weight excluding hydrogens is 400 g/mol. The number of nitrogens with zero attached hydrogens (tertiary/aromatic N) is 6. The SMILES string of the molecule is COc1cccc(-c2cnc(N(C)C)nc2[C@H]2CCCN2C(=O)c2snnc2C)c1. The van der Waals surface area contributed by atoms with Crippen LogP contribution in [0.4, 0.5) is 5.95 Å². The van der Waals surface area contributed by atoms with Crippen molar-refractivity contribution < 1.29 is 9.53 Å². The first-order valence-corrected chi connectivity index (χ1v) is 10.6. The Bertz CT molecular complexity index is 1070. The molecule has 1 aromatic carbocycles. The van der Waals surface area contributed by atoms with E-state index in [4.69, 9.17) is 9.72 Å². The van der Waals surface area contributed by atoms with Crippen LogP contribution in [-0.2, 0) is 0 Å². The van der Waals surface area contributed by atoms with Gasteiger partial charge in [0.15, 0.2) is 0 Å². The van der Waals surface area contributed by atoms with Crippen molar-refractivity contribution in [3.8, 4) is 16.9 Å². The van der Waals surface area contributed by atoms with E-state index in [0.29, 0.717) is 23.1 Å². The van der Waals surface area contributed by atoms with Gasteiger partial charge in [-0.2, -0.15) is 0 Å². The summed E-state index contributed by atoms with van der Waals surface area (Å²) in [6.07, 6.45) is 3.60. The van der Waals surface area contributed by atoms with Gasteiger partial charge in [0.25, 0.3) is 5.91 Å². The minimum atomic E-state index is -0.137. The summed E-state index contributed by atoms with van der Waals surface area (Å²) < 4.78 is 9.33. The Hall–Kier alpha value is -3.07. The highest BCUT2D eigenvalue weighted by molar-refractivity contribution is 7.07. The summed E-state index contributed by atoms with van der Waals surface area (Å²) in [4.78, 5) is 27.0. The number of carbonyl (C=O) groups is 1. The summed E-state index contributed by atoms with van der Waals surface area (Å²) in [6, 6.07) is 7.70. The second-order valence-corrected chi connectivity index (χ2v) is 8.19. The minimum absolute atomic E-state index is 0.0355. The average molecular weight is 425 g/mol. The van der Waals surface area contributed by atoms with Crippen LogP contribution in [0.15, 0.2) is 30.5 Å². The first-order chi connectivity index (χ1) is 14.5. The third-order valence-electron chi connectivity index (χ3n) is 5.26. The lowest BCUT2D eigenvalue weighted by Crippen LogP contribution is -2.31. The summed E-state index contributed by atoms with van der Waals surface area (Å²) in [7, 11) is 5.47. The fourth-order valence-electron chi connectivity index (χ4n) is 3.72. The predicted octanol–water partition coefficient (Wildman–Crippen LogP) is 3.36. The molecule has 0 aliphatic carbocycles. The number of amides is 1. The zero-order valence-electron chi connectivity index (χ0n) is 17.5. The third kappa shape index (κ3) is 3.72. The maximum absolute atomic E-state index is 13.3. The fraction of sp³-hybridized carbons (Fsp3) is 0.381. The van der Waals surface area contributed by atoms with Gasteiger partial charge in [0, 0.05) is 32.4 Å². The Labute approximate surface area is 179 Å². The van der Waals surface area contributed by atoms with E-state index in [1.54, 1.807) is 7.11 Å². The zero-order chi connectivity index (χ0) is 21.3. The smallest absolute Gasteiger partial charge is 0.268 e. The number of aryl methyl sites for hydroxylation is 1.